The first-order valence-electron chi connectivity index (χ1n) is 10.4. The number of hydrogen-bond donors (Lipinski definition) is 1. The third kappa shape index (κ3) is 2.22. The summed E-state index contributed by atoms with van der Waals surface area (Å²) in [6.07, 6.45) is 5.64. The van der Waals surface area contributed by atoms with Gasteiger partial charge in [0.15, 0.2) is 6.29 Å². The van der Waals surface area contributed by atoms with E-state index in [1.807, 2.05) is 6.07 Å². The van der Waals surface area contributed by atoms with Crippen LogP contribution in [-0.2, 0) is 19.0 Å². The Hall–Kier alpha value is -1.37. The highest BCUT2D eigenvalue weighted by Crippen LogP contribution is 2.73. The van der Waals surface area contributed by atoms with Crippen LogP contribution in [-0.4, -0.2) is 35.2 Å². The molecule has 1 aromatic heterocycles. The van der Waals surface area contributed by atoms with Gasteiger partial charge in [-0.15, -0.1) is 0 Å². The maximum absolute atomic E-state index is 11.9. The summed E-state index contributed by atoms with van der Waals surface area (Å²) in [5, 5.41) is 11.3. The Kier molecular flexibility index (Phi) is 3.88. The van der Waals surface area contributed by atoms with E-state index >= 15 is 0 Å². The first-order chi connectivity index (χ1) is 13.2. The number of carbonyl (C=O) groups excluding carboxylic acids is 1. The van der Waals surface area contributed by atoms with E-state index < -0.39 is 11.7 Å². The summed E-state index contributed by atoms with van der Waals surface area (Å²) in [7, 11) is 0. The fraction of sp³-hybridized carbons (Fsp3) is 0.773. The van der Waals surface area contributed by atoms with E-state index in [9.17, 15) is 9.90 Å². The Morgan fingerprint density at radius 1 is 1.29 bits per heavy atom. The molecular weight excluding hydrogens is 360 g/mol. The van der Waals surface area contributed by atoms with Crippen LogP contribution in [0.2, 0.25) is 0 Å². The third-order valence-corrected chi connectivity index (χ3v) is 8.77. The highest BCUT2D eigenvalue weighted by molar-refractivity contribution is 5.66. The molecule has 2 saturated heterocycles. The lowest BCUT2D eigenvalue weighted by Gasteiger charge is -2.61. The topological polar surface area (TPSA) is 81.4 Å². The standard InChI is InChI=1S/C22H30O6/c1-12-15(26-13(2)23)9-20(3)17(5-6-18-21(20,4)28-18)22(12)10-16(27-19(22)24)14-7-8-25-11-14/h7-8,11-12,15-19,24H,5-6,9-10H2,1-4H3/t12-,15-,16-,17+,18-,19+,20-,21-,22+/m0/s1. The van der Waals surface area contributed by atoms with Crippen LogP contribution in [0.1, 0.15) is 65.0 Å². The Bertz CT molecular complexity index is 776. The third-order valence-electron chi connectivity index (χ3n) is 8.77. The fourth-order valence-electron chi connectivity index (χ4n) is 7.03. The van der Waals surface area contributed by atoms with Gasteiger partial charge in [0.2, 0.25) is 0 Å². The SMILES string of the molecule is CC(=O)O[C@H]1C[C@@]2(C)[C@@H](CC[C@@H]3O[C@@]32C)[C@@]2(C[C@@H](c3ccoc3)O[C@H]2O)[C@H]1C. The molecule has 6 nitrogen and oxygen atoms in total. The largest absolute Gasteiger partial charge is 0.472 e. The van der Waals surface area contributed by atoms with Crippen LogP contribution in [0.3, 0.4) is 0 Å². The van der Waals surface area contributed by atoms with Gasteiger partial charge in [-0.05, 0) is 44.6 Å². The van der Waals surface area contributed by atoms with E-state index in [0.29, 0.717) is 6.42 Å². The lowest BCUT2D eigenvalue weighted by Crippen LogP contribution is -2.64. The van der Waals surface area contributed by atoms with Crippen molar-refractivity contribution >= 4 is 5.97 Å². The molecule has 154 valence electrons. The highest BCUT2D eigenvalue weighted by Gasteiger charge is 2.76. The summed E-state index contributed by atoms with van der Waals surface area (Å²) in [4.78, 5) is 11.9. The second kappa shape index (κ2) is 5.83. The van der Waals surface area contributed by atoms with E-state index in [0.717, 1.165) is 24.8 Å². The molecule has 2 saturated carbocycles. The molecule has 5 rings (SSSR count). The lowest BCUT2D eigenvalue weighted by molar-refractivity contribution is -0.238. The minimum Gasteiger partial charge on any atom is -0.472 e. The second-order valence-electron chi connectivity index (χ2n) is 9.75. The molecule has 9 atom stereocenters. The van der Waals surface area contributed by atoms with Gasteiger partial charge in [0.1, 0.15) is 6.10 Å². The molecule has 2 aliphatic carbocycles. The Morgan fingerprint density at radius 3 is 2.75 bits per heavy atom. The van der Waals surface area contributed by atoms with Crippen molar-refractivity contribution in [2.45, 2.75) is 83.6 Å². The van der Waals surface area contributed by atoms with Crippen LogP contribution in [0.25, 0.3) is 0 Å². The fourth-order valence-corrected chi connectivity index (χ4v) is 7.03. The van der Waals surface area contributed by atoms with Gasteiger partial charge in [-0.25, -0.2) is 0 Å². The van der Waals surface area contributed by atoms with Crippen LogP contribution in [0.5, 0.6) is 0 Å². The average molecular weight is 390 g/mol. The van der Waals surface area contributed by atoms with Gasteiger partial charge in [0.25, 0.3) is 0 Å². The quantitative estimate of drug-likeness (QED) is 0.614. The van der Waals surface area contributed by atoms with E-state index in [-0.39, 0.29) is 47.1 Å². The molecule has 0 aromatic carbocycles. The van der Waals surface area contributed by atoms with Crippen molar-refractivity contribution in [3.63, 3.8) is 0 Å². The lowest BCUT2D eigenvalue weighted by atomic mass is 9.43. The van der Waals surface area contributed by atoms with Crippen molar-refractivity contribution in [3.05, 3.63) is 24.2 Å². The molecule has 1 spiro atoms. The molecule has 6 heteroatoms. The predicted molar refractivity (Wildman–Crippen MR) is 99.0 cm³/mol. The average Bonchev–Trinajstić information content (AvgIpc) is 2.98. The van der Waals surface area contributed by atoms with Crippen LogP contribution >= 0.6 is 0 Å². The van der Waals surface area contributed by atoms with Crippen LogP contribution < -0.4 is 0 Å². The molecule has 1 aromatic rings. The number of carbonyl (C=O) groups is 1. The van der Waals surface area contributed by atoms with E-state index in [1.54, 1.807) is 12.5 Å². The monoisotopic (exact) mass is 390 g/mol. The smallest absolute Gasteiger partial charge is 0.302 e. The number of hydrogen-bond acceptors (Lipinski definition) is 6. The van der Waals surface area contributed by atoms with Crippen LogP contribution in [0, 0.1) is 22.7 Å². The molecule has 0 amide bonds. The van der Waals surface area contributed by atoms with Gasteiger partial charge in [-0.2, -0.15) is 0 Å². The molecule has 0 unspecified atom stereocenters. The number of furan rings is 1. The zero-order chi connectivity index (χ0) is 19.9. The number of aliphatic hydroxyl groups excluding tert-OH is 1. The minimum atomic E-state index is -0.913. The number of esters is 1. The highest BCUT2D eigenvalue weighted by atomic mass is 16.6. The van der Waals surface area contributed by atoms with E-state index in [1.165, 1.54) is 6.92 Å². The summed E-state index contributed by atoms with van der Waals surface area (Å²) >= 11 is 0. The van der Waals surface area contributed by atoms with Crippen molar-refractivity contribution in [3.8, 4) is 0 Å². The molecule has 4 fully saturated rings. The molecule has 3 heterocycles. The Morgan fingerprint density at radius 2 is 2.07 bits per heavy atom. The molecule has 28 heavy (non-hydrogen) atoms. The number of aliphatic hydroxyl groups is 1. The van der Waals surface area contributed by atoms with Crippen molar-refractivity contribution in [1.29, 1.82) is 0 Å². The summed E-state index contributed by atoms with van der Waals surface area (Å²) in [6, 6.07) is 1.90. The van der Waals surface area contributed by atoms with Crippen molar-refractivity contribution in [2.75, 3.05) is 0 Å². The van der Waals surface area contributed by atoms with Gasteiger partial charge in [-0.1, -0.05) is 13.8 Å². The van der Waals surface area contributed by atoms with E-state index in [2.05, 4.69) is 20.8 Å². The van der Waals surface area contributed by atoms with Crippen molar-refractivity contribution < 1.29 is 28.5 Å². The Balaban J connectivity index is 1.59. The summed E-state index contributed by atoms with van der Waals surface area (Å²) < 4.78 is 23.4. The molecule has 2 aliphatic heterocycles. The Labute approximate surface area is 165 Å². The zero-order valence-corrected chi connectivity index (χ0v) is 17.0. The predicted octanol–water partition coefficient (Wildman–Crippen LogP) is 3.59. The summed E-state index contributed by atoms with van der Waals surface area (Å²) in [5.41, 5.74) is 0.0456. The van der Waals surface area contributed by atoms with Crippen molar-refractivity contribution in [2.24, 2.45) is 22.7 Å². The number of ether oxygens (including phenoxy) is 3. The van der Waals surface area contributed by atoms with Crippen LogP contribution in [0.4, 0.5) is 0 Å². The first kappa shape index (κ1) is 18.6. The maximum Gasteiger partial charge on any atom is 0.302 e. The normalized spacial score (nSPS) is 52.2. The molecule has 0 bridgehead atoms. The van der Waals surface area contributed by atoms with E-state index in [4.69, 9.17) is 18.6 Å². The van der Waals surface area contributed by atoms with Crippen LogP contribution in [0.15, 0.2) is 23.0 Å². The zero-order valence-electron chi connectivity index (χ0n) is 17.0. The van der Waals surface area contributed by atoms with Gasteiger partial charge in [-0.3, -0.25) is 4.79 Å². The molecule has 1 N–H and O–H groups in total. The number of fused-ring (bicyclic) bond motifs is 4. The summed E-state index contributed by atoms with van der Waals surface area (Å²) in [5.74, 6) is -0.0548. The van der Waals surface area contributed by atoms with Gasteiger partial charge in [0, 0.05) is 29.2 Å². The van der Waals surface area contributed by atoms with Gasteiger partial charge < -0.3 is 23.7 Å². The van der Waals surface area contributed by atoms with Crippen molar-refractivity contribution in [1.82, 2.24) is 0 Å². The number of epoxide rings is 1. The molecule has 4 aliphatic rings. The summed E-state index contributed by atoms with van der Waals surface area (Å²) in [6.45, 7) is 8.02. The minimum absolute atomic E-state index is 0.0136. The molecule has 0 radical (unpaired) electrons. The molecular formula is C22H30O6. The van der Waals surface area contributed by atoms with Gasteiger partial charge >= 0.3 is 5.97 Å². The first-order valence-corrected chi connectivity index (χ1v) is 10.4. The number of rotatable bonds is 2. The second-order valence-corrected chi connectivity index (χ2v) is 9.75. The maximum atomic E-state index is 11.9. The van der Waals surface area contributed by atoms with Gasteiger partial charge in [0.05, 0.1) is 30.3 Å².